The zero-order valence-electron chi connectivity index (χ0n) is 11.8. The highest BCUT2D eigenvalue weighted by atomic mass is 16.5. The second-order valence-corrected chi connectivity index (χ2v) is 4.38. The number of hydrogen-bond acceptors (Lipinski definition) is 8. The summed E-state index contributed by atoms with van der Waals surface area (Å²) < 4.78 is 5.29. The van der Waals surface area contributed by atoms with Gasteiger partial charge in [-0.05, 0) is 18.2 Å². The Kier molecular flexibility index (Phi) is 3.48. The average molecular weight is 295 g/mol. The molecule has 0 amide bonds. The Hall–Kier alpha value is -3.29. The predicted octanol–water partition coefficient (Wildman–Crippen LogP) is 1.17. The van der Waals surface area contributed by atoms with Gasteiger partial charge in [0, 0.05) is 18.0 Å². The highest BCUT2D eigenvalue weighted by Gasteiger charge is 2.13. The van der Waals surface area contributed by atoms with E-state index in [9.17, 15) is 0 Å². The van der Waals surface area contributed by atoms with Crippen molar-refractivity contribution in [3.63, 3.8) is 0 Å². The van der Waals surface area contributed by atoms with Crippen LogP contribution in [0.2, 0.25) is 0 Å². The average Bonchev–Trinajstić information content (AvgIpc) is 2.54. The fraction of sp³-hybridized carbons (Fsp3) is 0.0714. The maximum absolute atomic E-state index is 5.69. The molecule has 110 valence electrons. The van der Waals surface area contributed by atoms with E-state index in [0.717, 1.165) is 5.56 Å². The minimum Gasteiger partial charge on any atom is -0.493 e. The Morgan fingerprint density at radius 3 is 2.55 bits per heavy atom. The van der Waals surface area contributed by atoms with Crippen LogP contribution in [0.3, 0.4) is 0 Å². The van der Waals surface area contributed by atoms with Crippen molar-refractivity contribution in [3.8, 4) is 28.5 Å². The largest absolute Gasteiger partial charge is 0.493 e. The van der Waals surface area contributed by atoms with E-state index < -0.39 is 0 Å². The van der Waals surface area contributed by atoms with Crippen molar-refractivity contribution in [2.45, 2.75) is 0 Å². The van der Waals surface area contributed by atoms with Crippen LogP contribution < -0.4 is 16.2 Å². The van der Waals surface area contributed by atoms with Gasteiger partial charge in [0.05, 0.1) is 19.0 Å². The Bertz CT molecular complexity index is 822. The van der Waals surface area contributed by atoms with Gasteiger partial charge in [0.1, 0.15) is 11.5 Å². The molecule has 0 aliphatic heterocycles. The van der Waals surface area contributed by atoms with E-state index in [2.05, 4.69) is 24.9 Å². The van der Waals surface area contributed by atoms with Crippen molar-refractivity contribution in [3.05, 3.63) is 36.8 Å². The first-order valence-electron chi connectivity index (χ1n) is 6.39. The van der Waals surface area contributed by atoms with Crippen LogP contribution in [0.5, 0.6) is 5.75 Å². The van der Waals surface area contributed by atoms with Gasteiger partial charge in [0.15, 0.2) is 11.6 Å². The summed E-state index contributed by atoms with van der Waals surface area (Å²) >= 11 is 0. The highest BCUT2D eigenvalue weighted by Crippen LogP contribution is 2.28. The summed E-state index contributed by atoms with van der Waals surface area (Å²) in [5, 5.41) is 0. The van der Waals surface area contributed by atoms with Gasteiger partial charge in [-0.25, -0.2) is 24.9 Å². The third-order valence-corrected chi connectivity index (χ3v) is 2.93. The summed E-state index contributed by atoms with van der Waals surface area (Å²) in [5.41, 5.74) is 13.1. The number of nitrogen functional groups attached to an aromatic ring is 2. The molecule has 0 unspecified atom stereocenters. The molecule has 3 heterocycles. The van der Waals surface area contributed by atoms with Gasteiger partial charge in [-0.2, -0.15) is 0 Å². The van der Waals surface area contributed by atoms with E-state index in [1.165, 1.54) is 7.11 Å². The van der Waals surface area contributed by atoms with Gasteiger partial charge >= 0.3 is 0 Å². The van der Waals surface area contributed by atoms with Crippen LogP contribution in [0.1, 0.15) is 0 Å². The van der Waals surface area contributed by atoms with Crippen molar-refractivity contribution in [2.75, 3.05) is 18.6 Å². The van der Waals surface area contributed by atoms with Gasteiger partial charge in [-0.1, -0.05) is 0 Å². The molecule has 0 bridgehead atoms. The first-order chi connectivity index (χ1) is 10.7. The molecule has 8 heteroatoms. The molecule has 0 spiro atoms. The lowest BCUT2D eigenvalue weighted by Crippen LogP contribution is -2.01. The molecule has 3 aromatic rings. The van der Waals surface area contributed by atoms with Crippen LogP contribution in [-0.2, 0) is 0 Å². The summed E-state index contributed by atoms with van der Waals surface area (Å²) in [6.45, 7) is 0. The molecule has 8 nitrogen and oxygen atoms in total. The molecule has 0 aliphatic carbocycles. The SMILES string of the molecule is COc1cnc(-c2ccnc(N)c2)nc1-c1ccnc(N)n1. The number of rotatable bonds is 3. The van der Waals surface area contributed by atoms with Gasteiger partial charge in [0.25, 0.3) is 0 Å². The Balaban J connectivity index is 2.14. The molecule has 0 fully saturated rings. The van der Waals surface area contributed by atoms with E-state index in [-0.39, 0.29) is 5.95 Å². The van der Waals surface area contributed by atoms with E-state index in [0.29, 0.717) is 28.8 Å². The van der Waals surface area contributed by atoms with E-state index in [1.807, 2.05) is 0 Å². The first kappa shape index (κ1) is 13.7. The summed E-state index contributed by atoms with van der Waals surface area (Å²) in [4.78, 5) is 20.8. The van der Waals surface area contributed by atoms with Crippen LogP contribution in [0.25, 0.3) is 22.8 Å². The molecule has 3 rings (SSSR count). The number of ether oxygens (including phenoxy) is 1. The van der Waals surface area contributed by atoms with Crippen molar-refractivity contribution in [1.82, 2.24) is 24.9 Å². The molecule has 22 heavy (non-hydrogen) atoms. The predicted molar refractivity (Wildman–Crippen MR) is 81.7 cm³/mol. The second kappa shape index (κ2) is 5.60. The van der Waals surface area contributed by atoms with Gasteiger partial charge in [-0.3, -0.25) is 0 Å². The van der Waals surface area contributed by atoms with Crippen LogP contribution in [-0.4, -0.2) is 32.0 Å². The van der Waals surface area contributed by atoms with Crippen LogP contribution in [0.4, 0.5) is 11.8 Å². The zero-order valence-corrected chi connectivity index (χ0v) is 11.8. The molecule has 0 radical (unpaired) electrons. The van der Waals surface area contributed by atoms with Crippen LogP contribution in [0.15, 0.2) is 36.8 Å². The van der Waals surface area contributed by atoms with Gasteiger partial charge < -0.3 is 16.2 Å². The molecule has 0 saturated heterocycles. The molecule has 4 N–H and O–H groups in total. The molecule has 0 atom stereocenters. The Morgan fingerprint density at radius 2 is 1.82 bits per heavy atom. The van der Waals surface area contributed by atoms with Crippen molar-refractivity contribution in [2.24, 2.45) is 0 Å². The number of anilines is 2. The fourth-order valence-electron chi connectivity index (χ4n) is 1.94. The molecule has 0 saturated carbocycles. The highest BCUT2D eigenvalue weighted by molar-refractivity contribution is 5.67. The molecule has 3 aromatic heterocycles. The third kappa shape index (κ3) is 2.62. The topological polar surface area (TPSA) is 126 Å². The number of hydrogen-bond donors (Lipinski definition) is 2. The maximum atomic E-state index is 5.69. The smallest absolute Gasteiger partial charge is 0.220 e. The van der Waals surface area contributed by atoms with Gasteiger partial charge in [-0.15, -0.1) is 0 Å². The molecular formula is C14H13N7O. The van der Waals surface area contributed by atoms with Gasteiger partial charge in [0.2, 0.25) is 5.95 Å². The van der Waals surface area contributed by atoms with E-state index in [4.69, 9.17) is 16.2 Å². The zero-order chi connectivity index (χ0) is 15.5. The lowest BCUT2D eigenvalue weighted by Gasteiger charge is -2.09. The summed E-state index contributed by atoms with van der Waals surface area (Å²) in [5.74, 6) is 1.53. The van der Waals surface area contributed by atoms with Crippen molar-refractivity contribution >= 4 is 11.8 Å². The lowest BCUT2D eigenvalue weighted by atomic mass is 10.2. The standard InChI is InChI=1S/C14H13N7O/c1-22-10-7-19-13(8-2-4-17-11(15)6-8)21-12(10)9-3-5-18-14(16)20-9/h2-7H,1H3,(H2,15,17)(H2,16,18,20). The van der Waals surface area contributed by atoms with E-state index in [1.54, 1.807) is 36.8 Å². The number of aromatic nitrogens is 5. The molecular weight excluding hydrogens is 282 g/mol. The molecule has 0 aromatic carbocycles. The van der Waals surface area contributed by atoms with Crippen molar-refractivity contribution < 1.29 is 4.74 Å². The number of nitrogens with two attached hydrogens (primary N) is 2. The number of methoxy groups -OCH3 is 1. The fourth-order valence-corrected chi connectivity index (χ4v) is 1.94. The summed E-state index contributed by atoms with van der Waals surface area (Å²) in [6, 6.07) is 5.17. The number of pyridine rings is 1. The minimum atomic E-state index is 0.160. The van der Waals surface area contributed by atoms with E-state index >= 15 is 0 Å². The number of nitrogens with zero attached hydrogens (tertiary/aromatic N) is 5. The minimum absolute atomic E-state index is 0.160. The molecule has 0 aliphatic rings. The summed E-state index contributed by atoms with van der Waals surface area (Å²) in [7, 11) is 1.54. The maximum Gasteiger partial charge on any atom is 0.220 e. The monoisotopic (exact) mass is 295 g/mol. The summed E-state index contributed by atoms with van der Waals surface area (Å²) in [6.07, 6.45) is 4.73. The quantitative estimate of drug-likeness (QED) is 0.737. The normalized spacial score (nSPS) is 10.4. The Morgan fingerprint density at radius 1 is 1.00 bits per heavy atom. The van der Waals surface area contributed by atoms with Crippen molar-refractivity contribution in [1.29, 1.82) is 0 Å². The lowest BCUT2D eigenvalue weighted by molar-refractivity contribution is 0.412. The van der Waals surface area contributed by atoms with Crippen LogP contribution in [0, 0.1) is 0 Å². The van der Waals surface area contributed by atoms with Crippen LogP contribution >= 0.6 is 0 Å². The first-order valence-corrected chi connectivity index (χ1v) is 6.39. The second-order valence-electron chi connectivity index (χ2n) is 4.38. The Labute approximate surface area is 126 Å². The third-order valence-electron chi connectivity index (χ3n) is 2.93.